The third kappa shape index (κ3) is 5.00. The molecule has 4 heterocycles. The van der Waals surface area contributed by atoms with Crippen molar-refractivity contribution in [1.82, 2.24) is 24.5 Å². The molecule has 0 unspecified atom stereocenters. The van der Waals surface area contributed by atoms with Crippen LogP contribution in [0, 0.1) is 0 Å². The van der Waals surface area contributed by atoms with Gasteiger partial charge in [0.15, 0.2) is 0 Å². The lowest BCUT2D eigenvalue weighted by atomic mass is 9.97. The molecule has 0 radical (unpaired) electrons. The summed E-state index contributed by atoms with van der Waals surface area (Å²) in [4.78, 5) is 47.8. The molecule has 1 aliphatic heterocycles. The molecular formula is C46H28N6O2. The molecule has 0 aliphatic carbocycles. The number of imide groups is 1. The first kappa shape index (κ1) is 31.2. The number of anilines is 1. The fourth-order valence-corrected chi connectivity index (χ4v) is 7.60. The summed E-state index contributed by atoms with van der Waals surface area (Å²) in [6.45, 7) is 0. The Balaban J connectivity index is 1.19. The zero-order chi connectivity index (χ0) is 36.2. The fraction of sp³-hybridized carbons (Fsp3) is 0. The molecule has 9 aromatic rings. The van der Waals surface area contributed by atoms with Gasteiger partial charge in [-0.2, -0.15) is 0 Å². The van der Waals surface area contributed by atoms with Crippen LogP contribution >= 0.6 is 0 Å². The number of carbonyl (C=O) groups excluding carboxylic acids is 2. The first-order valence-corrected chi connectivity index (χ1v) is 17.5. The van der Waals surface area contributed by atoms with Crippen LogP contribution in [-0.4, -0.2) is 36.3 Å². The second kappa shape index (κ2) is 12.6. The summed E-state index contributed by atoms with van der Waals surface area (Å²) in [5.41, 5.74) is 10.9. The summed E-state index contributed by atoms with van der Waals surface area (Å²) < 4.78 is 2.09. The molecule has 0 bridgehead atoms. The maximum atomic E-state index is 15.0. The zero-order valence-electron chi connectivity index (χ0n) is 28.7. The average molecular weight is 697 g/mol. The van der Waals surface area contributed by atoms with Crippen molar-refractivity contribution in [3.63, 3.8) is 0 Å². The van der Waals surface area contributed by atoms with Crippen molar-refractivity contribution in [3.8, 4) is 50.2 Å². The molecule has 0 fully saturated rings. The Labute approximate surface area is 309 Å². The number of aromatic nitrogens is 5. The van der Waals surface area contributed by atoms with Gasteiger partial charge in [-0.25, -0.2) is 24.8 Å². The minimum atomic E-state index is -0.384. The average Bonchev–Trinajstić information content (AvgIpc) is 3.71. The van der Waals surface area contributed by atoms with Crippen LogP contribution in [0.15, 0.2) is 171 Å². The number of nitrogens with zero attached hydrogens (tertiary/aromatic N) is 6. The summed E-state index contributed by atoms with van der Waals surface area (Å²) >= 11 is 0. The van der Waals surface area contributed by atoms with E-state index in [1.807, 2.05) is 72.8 Å². The van der Waals surface area contributed by atoms with Gasteiger partial charge in [0.1, 0.15) is 12.7 Å². The minimum Gasteiger partial charge on any atom is -0.308 e. The molecule has 0 N–H and O–H groups in total. The van der Waals surface area contributed by atoms with E-state index in [-0.39, 0.29) is 11.8 Å². The van der Waals surface area contributed by atoms with Gasteiger partial charge in [-0.15, -0.1) is 0 Å². The molecule has 0 saturated heterocycles. The molecule has 3 aromatic heterocycles. The van der Waals surface area contributed by atoms with Crippen molar-refractivity contribution in [1.29, 1.82) is 0 Å². The van der Waals surface area contributed by atoms with Gasteiger partial charge in [0.05, 0.1) is 33.5 Å². The van der Waals surface area contributed by atoms with Crippen LogP contribution in [0.2, 0.25) is 0 Å². The largest absolute Gasteiger partial charge is 0.308 e. The Morgan fingerprint density at radius 3 is 1.52 bits per heavy atom. The topological polar surface area (TPSA) is 93.9 Å². The standard InChI is InChI=1S/C46H28N6O2/c53-45-38-12-7-13-41(44(38)46(54)52(45)40-19-16-31(29-8-3-1-4-9-29)20-39(40)30-10-5-2-6-11-30)51-42-21-32(34-23-47-27-48-24-34)14-17-36(42)37-18-15-33(22-43(37)51)35-25-49-28-50-26-35/h1-28H. The van der Waals surface area contributed by atoms with E-state index in [2.05, 4.69) is 79.1 Å². The molecule has 0 atom stereocenters. The van der Waals surface area contributed by atoms with E-state index in [1.54, 1.807) is 30.9 Å². The maximum absolute atomic E-state index is 15.0. The SMILES string of the molecule is O=C1c2cccc(-n3c4cc(-c5cncnc5)ccc4c4ccc(-c5cncnc5)cc43)c2C(=O)N1c1ccc(-c2ccccc2)cc1-c1ccccc1. The molecule has 10 rings (SSSR count). The summed E-state index contributed by atoms with van der Waals surface area (Å²) in [5, 5.41) is 1.99. The first-order chi connectivity index (χ1) is 26.6. The number of rotatable bonds is 6. The Kier molecular flexibility index (Phi) is 7.26. The molecule has 8 nitrogen and oxygen atoms in total. The molecule has 0 saturated carbocycles. The van der Waals surface area contributed by atoms with Crippen molar-refractivity contribution < 1.29 is 9.59 Å². The number of amides is 2. The van der Waals surface area contributed by atoms with E-state index in [1.165, 1.54) is 17.6 Å². The Morgan fingerprint density at radius 2 is 0.926 bits per heavy atom. The normalized spacial score (nSPS) is 12.5. The molecule has 1 aliphatic rings. The Morgan fingerprint density at radius 1 is 0.389 bits per heavy atom. The van der Waals surface area contributed by atoms with Gasteiger partial charge in [0.2, 0.25) is 0 Å². The smallest absolute Gasteiger partial charge is 0.268 e. The van der Waals surface area contributed by atoms with Crippen LogP contribution in [0.1, 0.15) is 20.7 Å². The van der Waals surface area contributed by atoms with Crippen LogP contribution in [0.4, 0.5) is 5.69 Å². The number of fused-ring (bicyclic) bond motifs is 4. The van der Waals surface area contributed by atoms with Crippen LogP contribution in [0.3, 0.4) is 0 Å². The summed E-state index contributed by atoms with van der Waals surface area (Å²) in [6, 6.07) is 43.8. The van der Waals surface area contributed by atoms with Crippen molar-refractivity contribution in [2.75, 3.05) is 4.90 Å². The van der Waals surface area contributed by atoms with Crippen LogP contribution in [0.25, 0.3) is 72.0 Å². The number of hydrogen-bond acceptors (Lipinski definition) is 6. The maximum Gasteiger partial charge on any atom is 0.268 e. The summed E-state index contributed by atoms with van der Waals surface area (Å²) in [6.07, 6.45) is 10.1. The highest BCUT2D eigenvalue weighted by Crippen LogP contribution is 2.42. The van der Waals surface area contributed by atoms with Crippen molar-refractivity contribution >= 4 is 39.3 Å². The van der Waals surface area contributed by atoms with Gasteiger partial charge in [-0.1, -0.05) is 97.1 Å². The second-order valence-electron chi connectivity index (χ2n) is 13.2. The van der Waals surface area contributed by atoms with Crippen molar-refractivity contribution in [2.45, 2.75) is 0 Å². The van der Waals surface area contributed by atoms with Gasteiger partial charge < -0.3 is 4.57 Å². The summed E-state index contributed by atoms with van der Waals surface area (Å²) in [7, 11) is 0. The van der Waals surface area contributed by atoms with Gasteiger partial charge in [-0.3, -0.25) is 9.59 Å². The Hall–Kier alpha value is -7.58. The zero-order valence-corrected chi connectivity index (χ0v) is 28.7. The summed E-state index contributed by atoms with van der Waals surface area (Å²) in [5.74, 6) is -0.753. The Bertz CT molecular complexity index is 2810. The number of benzene rings is 6. The molecule has 6 aromatic carbocycles. The lowest BCUT2D eigenvalue weighted by Crippen LogP contribution is -2.30. The van der Waals surface area contributed by atoms with Crippen molar-refractivity contribution in [3.05, 3.63) is 182 Å². The lowest BCUT2D eigenvalue weighted by molar-refractivity contribution is 0.0926. The molecule has 54 heavy (non-hydrogen) atoms. The van der Waals surface area contributed by atoms with Crippen LogP contribution in [-0.2, 0) is 0 Å². The predicted molar refractivity (Wildman–Crippen MR) is 211 cm³/mol. The lowest BCUT2D eigenvalue weighted by Gasteiger charge is -2.20. The monoisotopic (exact) mass is 696 g/mol. The van der Waals surface area contributed by atoms with Crippen molar-refractivity contribution in [2.24, 2.45) is 0 Å². The van der Waals surface area contributed by atoms with E-state index in [4.69, 9.17) is 0 Å². The van der Waals surface area contributed by atoms with E-state index in [9.17, 15) is 9.59 Å². The van der Waals surface area contributed by atoms with Gasteiger partial charge in [-0.05, 0) is 64.2 Å². The highest BCUT2D eigenvalue weighted by Gasteiger charge is 2.40. The minimum absolute atomic E-state index is 0.342. The fourth-order valence-electron chi connectivity index (χ4n) is 7.60. The molecule has 0 spiro atoms. The van der Waals surface area contributed by atoms with E-state index >= 15 is 0 Å². The third-order valence-corrected chi connectivity index (χ3v) is 10.1. The first-order valence-electron chi connectivity index (χ1n) is 17.5. The quantitative estimate of drug-likeness (QED) is 0.161. The molecule has 254 valence electrons. The highest BCUT2D eigenvalue weighted by atomic mass is 16.2. The van der Waals surface area contributed by atoms with E-state index < -0.39 is 0 Å². The van der Waals surface area contributed by atoms with Gasteiger partial charge in [0, 0.05) is 52.3 Å². The molecular weight excluding hydrogens is 669 g/mol. The van der Waals surface area contributed by atoms with Crippen LogP contribution < -0.4 is 4.90 Å². The second-order valence-corrected chi connectivity index (χ2v) is 13.2. The van der Waals surface area contributed by atoms with Crippen LogP contribution in [0.5, 0.6) is 0 Å². The van der Waals surface area contributed by atoms with E-state index in [0.29, 0.717) is 22.5 Å². The van der Waals surface area contributed by atoms with Gasteiger partial charge >= 0.3 is 0 Å². The highest BCUT2D eigenvalue weighted by molar-refractivity contribution is 6.36. The van der Waals surface area contributed by atoms with Gasteiger partial charge in [0.25, 0.3) is 11.8 Å². The number of hydrogen-bond donors (Lipinski definition) is 0. The number of carbonyl (C=O) groups is 2. The molecule has 2 amide bonds. The molecule has 8 heteroatoms. The third-order valence-electron chi connectivity index (χ3n) is 10.1. The predicted octanol–water partition coefficient (Wildman–Crippen LogP) is 9.83. The van der Waals surface area contributed by atoms with E-state index in [0.717, 1.165) is 66.3 Å².